The summed E-state index contributed by atoms with van der Waals surface area (Å²) in [5.74, 6) is 0.208. The van der Waals surface area contributed by atoms with Gasteiger partial charge in [-0.2, -0.15) is 0 Å². The van der Waals surface area contributed by atoms with Crippen LogP contribution in [0.2, 0.25) is 0 Å². The molecule has 0 bridgehead atoms. The van der Waals surface area contributed by atoms with Crippen molar-refractivity contribution in [1.29, 1.82) is 0 Å². The molecule has 0 radical (unpaired) electrons. The molecule has 0 spiro atoms. The van der Waals surface area contributed by atoms with Crippen LogP contribution in [0.15, 0.2) is 72.4 Å². The van der Waals surface area contributed by atoms with Crippen molar-refractivity contribution in [3.63, 3.8) is 0 Å². The minimum atomic E-state index is 0.208. The molecule has 1 saturated heterocycles. The Hall–Kier alpha value is -2.59. The second-order valence-corrected chi connectivity index (χ2v) is 6.62. The summed E-state index contributed by atoms with van der Waals surface area (Å²) >= 11 is 0. The van der Waals surface area contributed by atoms with Crippen LogP contribution in [0, 0.1) is 0 Å². The summed E-state index contributed by atoms with van der Waals surface area (Å²) in [6.07, 6.45) is 2.69. The fourth-order valence-electron chi connectivity index (χ4n) is 3.62. The van der Waals surface area contributed by atoms with E-state index in [0.717, 1.165) is 37.6 Å². The number of anilines is 2. The van der Waals surface area contributed by atoms with E-state index in [-0.39, 0.29) is 11.8 Å². The summed E-state index contributed by atoms with van der Waals surface area (Å²) < 4.78 is 0. The lowest BCUT2D eigenvalue weighted by Crippen LogP contribution is -2.49. The number of nitrogens with zero attached hydrogens (tertiary/aromatic N) is 2. The normalized spacial score (nSPS) is 21.3. The predicted octanol–water partition coefficient (Wildman–Crippen LogP) is 3.15. The summed E-state index contributed by atoms with van der Waals surface area (Å²) in [6.45, 7) is 3.98. The third-order valence-corrected chi connectivity index (χ3v) is 5.01. The van der Waals surface area contributed by atoms with Crippen molar-refractivity contribution in [3.05, 3.63) is 72.4 Å². The zero-order valence-electron chi connectivity index (χ0n) is 14.3. The second-order valence-electron chi connectivity index (χ2n) is 6.62. The van der Waals surface area contributed by atoms with Crippen LogP contribution in [-0.4, -0.2) is 42.9 Å². The highest BCUT2D eigenvalue weighted by Gasteiger charge is 2.30. The average Bonchev–Trinajstić information content (AvgIpc) is 3.04. The van der Waals surface area contributed by atoms with Gasteiger partial charge in [-0.3, -0.25) is 9.69 Å². The van der Waals surface area contributed by atoms with Gasteiger partial charge in [-0.25, -0.2) is 0 Å². The zero-order valence-corrected chi connectivity index (χ0v) is 14.3. The van der Waals surface area contributed by atoms with Crippen LogP contribution >= 0.6 is 0 Å². The third-order valence-electron chi connectivity index (χ3n) is 5.01. The Morgan fingerprint density at radius 2 is 1.48 bits per heavy atom. The van der Waals surface area contributed by atoms with E-state index in [4.69, 9.17) is 0 Å². The second kappa shape index (κ2) is 7.11. The van der Waals surface area contributed by atoms with Gasteiger partial charge in [-0.1, -0.05) is 36.4 Å². The van der Waals surface area contributed by atoms with E-state index in [1.807, 2.05) is 30.3 Å². The van der Waals surface area contributed by atoms with E-state index in [1.54, 1.807) is 0 Å². The molecule has 4 nitrogen and oxygen atoms in total. The molecule has 1 fully saturated rings. The van der Waals surface area contributed by atoms with Gasteiger partial charge in [0.1, 0.15) is 0 Å². The highest BCUT2D eigenvalue weighted by Crippen LogP contribution is 2.24. The first-order valence-electron chi connectivity index (χ1n) is 8.91. The van der Waals surface area contributed by atoms with Gasteiger partial charge in [0, 0.05) is 50.0 Å². The molecule has 128 valence electrons. The maximum absolute atomic E-state index is 12.3. The number of nitrogens with one attached hydrogen (secondary N) is 1. The fraction of sp³-hybridized carbons (Fsp3) is 0.286. The molecule has 2 aromatic carbocycles. The molecule has 4 heteroatoms. The van der Waals surface area contributed by atoms with Crippen LogP contribution in [0.3, 0.4) is 0 Å². The largest absolute Gasteiger partial charge is 0.369 e. The number of allylic oxidation sites excluding steroid dienone is 1. The quantitative estimate of drug-likeness (QED) is 0.932. The Labute approximate surface area is 148 Å². The van der Waals surface area contributed by atoms with Crippen LogP contribution < -0.4 is 10.2 Å². The fourth-order valence-corrected chi connectivity index (χ4v) is 3.62. The zero-order chi connectivity index (χ0) is 17.1. The summed E-state index contributed by atoms with van der Waals surface area (Å²) in [5, 5.41) is 3.27. The molecule has 1 N–H and O–H groups in total. The van der Waals surface area contributed by atoms with E-state index in [9.17, 15) is 4.79 Å². The molecular weight excluding hydrogens is 310 g/mol. The number of rotatable bonds is 4. The number of Topliss-reactive ketones (excluding diaryl/α,β-unsaturated/α-hetero) is 1. The van der Waals surface area contributed by atoms with Crippen LogP contribution in [0.25, 0.3) is 0 Å². The topological polar surface area (TPSA) is 35.6 Å². The highest BCUT2D eigenvalue weighted by atomic mass is 16.1. The van der Waals surface area contributed by atoms with Gasteiger partial charge in [-0.15, -0.1) is 0 Å². The predicted molar refractivity (Wildman–Crippen MR) is 102 cm³/mol. The van der Waals surface area contributed by atoms with Crippen molar-refractivity contribution in [3.8, 4) is 0 Å². The smallest absolute Gasteiger partial charge is 0.180 e. The molecule has 25 heavy (non-hydrogen) atoms. The Kier molecular flexibility index (Phi) is 4.53. The molecule has 1 heterocycles. The van der Waals surface area contributed by atoms with Crippen molar-refractivity contribution >= 4 is 17.2 Å². The van der Waals surface area contributed by atoms with E-state index < -0.39 is 0 Å². The highest BCUT2D eigenvalue weighted by molar-refractivity contribution is 6.01. The Bertz CT molecular complexity index is 749. The van der Waals surface area contributed by atoms with Crippen LogP contribution in [0.1, 0.15) is 6.42 Å². The molecule has 0 aromatic heterocycles. The summed E-state index contributed by atoms with van der Waals surface area (Å²) in [7, 11) is 0. The SMILES string of the molecule is O=C1C[C@H](N2CCN(c3ccccc3)CC2)C=C1Nc1ccccc1. The number of carbonyl (C=O) groups is 1. The molecule has 4 rings (SSSR count). The lowest BCUT2D eigenvalue weighted by Gasteiger charge is -2.38. The van der Waals surface area contributed by atoms with E-state index in [1.165, 1.54) is 5.69 Å². The maximum atomic E-state index is 12.3. The van der Waals surface area contributed by atoms with Crippen molar-refractivity contribution in [2.45, 2.75) is 12.5 Å². The van der Waals surface area contributed by atoms with Gasteiger partial charge in [0.05, 0.1) is 5.70 Å². The number of hydrogen-bond acceptors (Lipinski definition) is 4. The lowest BCUT2D eigenvalue weighted by molar-refractivity contribution is -0.115. The average molecular weight is 333 g/mol. The van der Waals surface area contributed by atoms with E-state index in [2.05, 4.69) is 51.5 Å². The number of benzene rings is 2. The molecule has 1 aliphatic carbocycles. The van der Waals surface area contributed by atoms with Gasteiger partial charge >= 0.3 is 0 Å². The Morgan fingerprint density at radius 3 is 2.16 bits per heavy atom. The first kappa shape index (κ1) is 15.9. The lowest BCUT2D eigenvalue weighted by atomic mass is 10.1. The van der Waals surface area contributed by atoms with Gasteiger partial charge < -0.3 is 10.2 Å². The molecule has 2 aliphatic rings. The van der Waals surface area contributed by atoms with Crippen LogP contribution in [0.5, 0.6) is 0 Å². The van der Waals surface area contributed by atoms with Gasteiger partial charge in [0.25, 0.3) is 0 Å². The molecule has 1 aliphatic heterocycles. The number of hydrogen-bond donors (Lipinski definition) is 1. The van der Waals surface area contributed by atoms with Crippen LogP contribution in [0.4, 0.5) is 11.4 Å². The van der Waals surface area contributed by atoms with E-state index >= 15 is 0 Å². The van der Waals surface area contributed by atoms with Gasteiger partial charge in [0.15, 0.2) is 5.78 Å². The molecule has 0 unspecified atom stereocenters. The maximum Gasteiger partial charge on any atom is 0.180 e. The molecule has 0 amide bonds. The molecule has 0 saturated carbocycles. The third kappa shape index (κ3) is 3.59. The van der Waals surface area contributed by atoms with E-state index in [0.29, 0.717) is 6.42 Å². The number of piperazine rings is 1. The van der Waals surface area contributed by atoms with Crippen molar-refractivity contribution in [2.24, 2.45) is 0 Å². The summed E-state index contributed by atoms with van der Waals surface area (Å²) in [5.41, 5.74) is 2.99. The Balaban J connectivity index is 1.38. The standard InChI is InChI=1S/C21H23N3O/c25-21-16-19(15-20(21)22-17-7-3-1-4-8-17)24-13-11-23(12-14-24)18-9-5-2-6-10-18/h1-10,15,19,22H,11-14,16H2/t19-/m1/s1. The number of para-hydroxylation sites is 2. The number of carbonyl (C=O) groups excluding carboxylic acids is 1. The summed E-state index contributed by atoms with van der Waals surface area (Å²) in [4.78, 5) is 17.2. The molecular formula is C21H23N3O. The number of ketones is 1. The molecule has 1 atom stereocenters. The minimum absolute atomic E-state index is 0.208. The summed E-state index contributed by atoms with van der Waals surface area (Å²) in [6, 6.07) is 20.7. The van der Waals surface area contributed by atoms with Crippen molar-refractivity contribution in [1.82, 2.24) is 4.90 Å². The van der Waals surface area contributed by atoms with Crippen molar-refractivity contribution < 1.29 is 4.79 Å². The van der Waals surface area contributed by atoms with Gasteiger partial charge in [-0.05, 0) is 30.3 Å². The van der Waals surface area contributed by atoms with Crippen LogP contribution in [-0.2, 0) is 4.79 Å². The minimum Gasteiger partial charge on any atom is -0.369 e. The first-order chi connectivity index (χ1) is 12.3. The van der Waals surface area contributed by atoms with Crippen molar-refractivity contribution in [2.75, 3.05) is 36.4 Å². The molecule has 2 aromatic rings. The monoisotopic (exact) mass is 333 g/mol. The first-order valence-corrected chi connectivity index (χ1v) is 8.91. The van der Waals surface area contributed by atoms with Gasteiger partial charge in [0.2, 0.25) is 0 Å². The Morgan fingerprint density at radius 1 is 0.840 bits per heavy atom.